The lowest BCUT2D eigenvalue weighted by molar-refractivity contribution is 0.104. The van der Waals surface area contributed by atoms with Crippen molar-refractivity contribution in [3.05, 3.63) is 64.8 Å². The molecule has 0 aliphatic carbocycles. The summed E-state index contributed by atoms with van der Waals surface area (Å²) < 4.78 is 0. The molecule has 2 aromatic carbocycles. The number of ketones is 1. The number of anilines is 1. The number of benzene rings is 2. The zero-order chi connectivity index (χ0) is 15.0. The lowest BCUT2D eigenvalue weighted by Gasteiger charge is -2.04. The average Bonchev–Trinajstić information content (AvgIpc) is 2.88. The van der Waals surface area contributed by atoms with Gasteiger partial charge in [0.2, 0.25) is 0 Å². The van der Waals surface area contributed by atoms with Gasteiger partial charge in [-0.05, 0) is 48.9 Å². The molecule has 0 radical (unpaired) electrons. The van der Waals surface area contributed by atoms with Crippen molar-refractivity contribution >= 4 is 22.4 Å². The Kier molecular flexibility index (Phi) is 2.96. The van der Waals surface area contributed by atoms with E-state index in [1.54, 1.807) is 30.5 Å². The zero-order valence-electron chi connectivity index (χ0n) is 11.5. The third kappa shape index (κ3) is 2.26. The number of nitrogen functional groups attached to an aromatic ring is 1. The summed E-state index contributed by atoms with van der Waals surface area (Å²) >= 11 is 0. The van der Waals surface area contributed by atoms with Crippen molar-refractivity contribution in [3.8, 4) is 6.07 Å². The smallest absolute Gasteiger partial charge is 0.195 e. The van der Waals surface area contributed by atoms with Crippen LogP contribution in [0.3, 0.4) is 0 Å². The number of nitriles is 1. The summed E-state index contributed by atoms with van der Waals surface area (Å²) in [6.07, 6.45) is 1.67. The molecule has 0 aliphatic rings. The molecule has 4 heteroatoms. The number of nitrogens with two attached hydrogens (primary N) is 1. The van der Waals surface area contributed by atoms with E-state index in [1.165, 1.54) is 0 Å². The maximum absolute atomic E-state index is 12.7. The molecule has 0 bridgehead atoms. The Morgan fingerprint density at radius 2 is 2.05 bits per heavy atom. The van der Waals surface area contributed by atoms with Crippen LogP contribution in [0.2, 0.25) is 0 Å². The quantitative estimate of drug-likeness (QED) is 0.556. The molecule has 1 heterocycles. The Balaban J connectivity index is 2.15. The number of rotatable bonds is 2. The normalized spacial score (nSPS) is 10.5. The lowest BCUT2D eigenvalue weighted by atomic mass is 10.00. The highest BCUT2D eigenvalue weighted by molar-refractivity contribution is 6.16. The van der Waals surface area contributed by atoms with Gasteiger partial charge in [0.05, 0.1) is 11.6 Å². The largest absolute Gasteiger partial charge is 0.399 e. The monoisotopic (exact) mass is 275 g/mol. The van der Waals surface area contributed by atoms with Crippen LogP contribution in [0.4, 0.5) is 5.69 Å². The molecule has 1 aromatic heterocycles. The summed E-state index contributed by atoms with van der Waals surface area (Å²) in [7, 11) is 0. The minimum Gasteiger partial charge on any atom is -0.399 e. The van der Waals surface area contributed by atoms with E-state index in [-0.39, 0.29) is 5.78 Å². The van der Waals surface area contributed by atoms with Gasteiger partial charge in [0.25, 0.3) is 0 Å². The summed E-state index contributed by atoms with van der Waals surface area (Å²) in [5.41, 5.74) is 9.77. The number of carbonyl (C=O) groups is 1. The Hall–Kier alpha value is -3.06. The van der Waals surface area contributed by atoms with Crippen LogP contribution in [0, 0.1) is 18.3 Å². The Morgan fingerprint density at radius 1 is 1.24 bits per heavy atom. The van der Waals surface area contributed by atoms with Crippen molar-refractivity contribution in [2.45, 2.75) is 6.92 Å². The fourth-order valence-corrected chi connectivity index (χ4v) is 2.48. The second-order valence-corrected chi connectivity index (χ2v) is 5.04. The van der Waals surface area contributed by atoms with Gasteiger partial charge < -0.3 is 10.7 Å². The van der Waals surface area contributed by atoms with Crippen molar-refractivity contribution in [1.82, 2.24) is 4.98 Å². The molecule has 21 heavy (non-hydrogen) atoms. The van der Waals surface area contributed by atoms with Gasteiger partial charge >= 0.3 is 0 Å². The Labute approximate surface area is 121 Å². The number of H-pyrrole nitrogens is 1. The van der Waals surface area contributed by atoms with Crippen molar-refractivity contribution in [3.63, 3.8) is 0 Å². The molecule has 102 valence electrons. The summed E-state index contributed by atoms with van der Waals surface area (Å²) in [6, 6.07) is 12.6. The standard InChI is InChI=1S/C17H13N3O/c1-10-4-12(7-13(19)5-10)17(21)15-9-20-16-3-2-11(8-18)6-14(15)16/h2-7,9,20H,19H2,1H3. The number of nitrogens with zero attached hydrogens (tertiary/aromatic N) is 1. The van der Waals surface area contributed by atoms with Crippen LogP contribution in [0.5, 0.6) is 0 Å². The van der Waals surface area contributed by atoms with Gasteiger partial charge in [0, 0.05) is 33.9 Å². The predicted molar refractivity (Wildman–Crippen MR) is 82.0 cm³/mol. The summed E-state index contributed by atoms with van der Waals surface area (Å²) in [4.78, 5) is 15.7. The predicted octanol–water partition coefficient (Wildman–Crippen LogP) is 3.16. The lowest BCUT2D eigenvalue weighted by Crippen LogP contribution is -2.02. The highest BCUT2D eigenvalue weighted by Gasteiger charge is 2.15. The Bertz CT molecular complexity index is 880. The molecule has 0 saturated carbocycles. The molecular formula is C17H13N3O. The maximum atomic E-state index is 12.7. The van der Waals surface area contributed by atoms with E-state index < -0.39 is 0 Å². The van der Waals surface area contributed by atoms with E-state index in [9.17, 15) is 4.79 Å². The first kappa shape index (κ1) is 12.9. The highest BCUT2D eigenvalue weighted by atomic mass is 16.1. The van der Waals surface area contributed by atoms with Crippen LogP contribution in [0.1, 0.15) is 27.0 Å². The molecule has 0 unspecified atom stereocenters. The molecule has 0 atom stereocenters. The van der Waals surface area contributed by atoms with Crippen LogP contribution in [0.15, 0.2) is 42.6 Å². The van der Waals surface area contributed by atoms with Crippen molar-refractivity contribution in [2.75, 3.05) is 5.73 Å². The van der Waals surface area contributed by atoms with E-state index in [0.717, 1.165) is 16.5 Å². The van der Waals surface area contributed by atoms with E-state index in [1.807, 2.05) is 19.1 Å². The summed E-state index contributed by atoms with van der Waals surface area (Å²) in [5.74, 6) is -0.105. The maximum Gasteiger partial charge on any atom is 0.195 e. The first-order chi connectivity index (χ1) is 10.1. The van der Waals surface area contributed by atoms with Gasteiger partial charge in [-0.15, -0.1) is 0 Å². The molecule has 0 saturated heterocycles. The van der Waals surface area contributed by atoms with Gasteiger partial charge in [-0.1, -0.05) is 0 Å². The van der Waals surface area contributed by atoms with Gasteiger partial charge in [-0.3, -0.25) is 4.79 Å². The highest BCUT2D eigenvalue weighted by Crippen LogP contribution is 2.23. The first-order valence-corrected chi connectivity index (χ1v) is 6.51. The summed E-state index contributed by atoms with van der Waals surface area (Å²) in [6.45, 7) is 1.90. The number of hydrogen-bond acceptors (Lipinski definition) is 3. The Morgan fingerprint density at radius 3 is 2.76 bits per heavy atom. The van der Waals surface area contributed by atoms with Gasteiger partial charge in [0.15, 0.2) is 5.78 Å². The molecule has 0 spiro atoms. The van der Waals surface area contributed by atoms with Crippen LogP contribution in [-0.4, -0.2) is 10.8 Å². The molecule has 4 nitrogen and oxygen atoms in total. The fourth-order valence-electron chi connectivity index (χ4n) is 2.48. The van der Waals surface area contributed by atoms with E-state index in [2.05, 4.69) is 11.1 Å². The topological polar surface area (TPSA) is 82.7 Å². The second kappa shape index (κ2) is 4.80. The zero-order valence-corrected chi connectivity index (χ0v) is 11.5. The van der Waals surface area contributed by atoms with Crippen LogP contribution in [0.25, 0.3) is 10.9 Å². The fraction of sp³-hybridized carbons (Fsp3) is 0.0588. The van der Waals surface area contributed by atoms with Gasteiger partial charge in [-0.25, -0.2) is 0 Å². The minimum absolute atomic E-state index is 0.105. The molecule has 3 aromatic rings. The number of aryl methyl sites for hydroxylation is 1. The van der Waals surface area contributed by atoms with Crippen molar-refractivity contribution in [2.24, 2.45) is 0 Å². The minimum atomic E-state index is -0.105. The first-order valence-electron chi connectivity index (χ1n) is 6.51. The second-order valence-electron chi connectivity index (χ2n) is 5.04. The molecular weight excluding hydrogens is 262 g/mol. The molecule has 3 N–H and O–H groups in total. The summed E-state index contributed by atoms with van der Waals surface area (Å²) in [5, 5.41) is 9.74. The molecule has 0 aliphatic heterocycles. The molecule has 0 fully saturated rings. The SMILES string of the molecule is Cc1cc(N)cc(C(=O)c2c[nH]c3ccc(C#N)cc23)c1. The number of hydrogen-bond donors (Lipinski definition) is 2. The number of aromatic amines is 1. The average molecular weight is 275 g/mol. The number of fused-ring (bicyclic) bond motifs is 1. The van der Waals surface area contributed by atoms with Crippen LogP contribution < -0.4 is 5.73 Å². The third-order valence-electron chi connectivity index (χ3n) is 3.42. The van der Waals surface area contributed by atoms with Crippen molar-refractivity contribution < 1.29 is 4.79 Å². The number of carbonyl (C=O) groups excluding carboxylic acids is 1. The van der Waals surface area contributed by atoms with Gasteiger partial charge in [0.1, 0.15) is 0 Å². The number of aromatic nitrogens is 1. The van der Waals surface area contributed by atoms with E-state index in [0.29, 0.717) is 22.4 Å². The van der Waals surface area contributed by atoms with Gasteiger partial charge in [-0.2, -0.15) is 5.26 Å². The van der Waals surface area contributed by atoms with E-state index in [4.69, 9.17) is 11.0 Å². The third-order valence-corrected chi connectivity index (χ3v) is 3.42. The van der Waals surface area contributed by atoms with E-state index >= 15 is 0 Å². The molecule has 3 rings (SSSR count). The molecule has 0 amide bonds. The van der Waals surface area contributed by atoms with Crippen LogP contribution in [-0.2, 0) is 0 Å². The van der Waals surface area contributed by atoms with Crippen molar-refractivity contribution in [1.29, 1.82) is 5.26 Å². The number of nitrogens with one attached hydrogen (secondary N) is 1. The van der Waals surface area contributed by atoms with Crippen LogP contribution >= 0.6 is 0 Å².